The van der Waals surface area contributed by atoms with Crippen LogP contribution in [0.2, 0.25) is 0 Å². The molecule has 2 N–H and O–H groups in total. The van der Waals surface area contributed by atoms with Crippen LogP contribution in [0.1, 0.15) is 38.9 Å². The van der Waals surface area contributed by atoms with Crippen molar-refractivity contribution in [3.63, 3.8) is 0 Å². The first kappa shape index (κ1) is 17.8. The lowest BCUT2D eigenvalue weighted by Crippen LogP contribution is -2.37. The van der Waals surface area contributed by atoms with Gasteiger partial charge in [0.15, 0.2) is 0 Å². The minimum Gasteiger partial charge on any atom is -0.378 e. The van der Waals surface area contributed by atoms with Crippen molar-refractivity contribution in [3.05, 3.63) is 29.8 Å². The van der Waals surface area contributed by atoms with E-state index < -0.39 is 0 Å². The Morgan fingerprint density at radius 1 is 1.39 bits per heavy atom. The maximum atomic E-state index is 12.1. The normalized spacial score (nSPS) is 22.1. The molecular weight excluding hydrogens is 292 g/mol. The lowest BCUT2D eigenvalue weighted by atomic mass is 9.93. The van der Waals surface area contributed by atoms with Crippen LogP contribution >= 0.6 is 0 Å². The highest BCUT2D eigenvalue weighted by Crippen LogP contribution is 2.26. The first-order valence-corrected chi connectivity index (χ1v) is 8.30. The Kier molecular flexibility index (Phi) is 6.42. The number of carbonyl (C=O) groups excluding carboxylic acids is 1. The van der Waals surface area contributed by atoms with E-state index in [1.165, 1.54) is 0 Å². The molecular formula is C18H28N2O3. The molecule has 0 aliphatic carbocycles. The smallest absolute Gasteiger partial charge is 0.319 e. The molecule has 5 heteroatoms. The van der Waals surface area contributed by atoms with Crippen molar-refractivity contribution >= 4 is 11.7 Å². The number of nitrogens with one attached hydrogen (secondary N) is 2. The van der Waals surface area contributed by atoms with Gasteiger partial charge in [0.25, 0.3) is 0 Å². The quantitative estimate of drug-likeness (QED) is 0.842. The summed E-state index contributed by atoms with van der Waals surface area (Å²) in [5.74, 6) is 0.861. The van der Waals surface area contributed by atoms with Gasteiger partial charge in [-0.2, -0.15) is 0 Å². The number of rotatable bonds is 6. The van der Waals surface area contributed by atoms with Crippen molar-refractivity contribution in [2.24, 2.45) is 11.8 Å². The Hall–Kier alpha value is -1.59. The molecule has 0 bridgehead atoms. The largest absolute Gasteiger partial charge is 0.378 e. The lowest BCUT2D eigenvalue weighted by molar-refractivity contribution is 0.0546. The maximum absolute atomic E-state index is 12.1. The summed E-state index contributed by atoms with van der Waals surface area (Å²) < 4.78 is 11.0. The fraction of sp³-hybridized carbons (Fsp3) is 0.611. The summed E-state index contributed by atoms with van der Waals surface area (Å²) in [5, 5.41) is 5.84. The highest BCUT2D eigenvalue weighted by atomic mass is 16.5. The van der Waals surface area contributed by atoms with Crippen molar-refractivity contribution in [1.29, 1.82) is 0 Å². The number of ether oxygens (including phenoxy) is 2. The fourth-order valence-electron chi connectivity index (χ4n) is 3.02. The maximum Gasteiger partial charge on any atom is 0.319 e. The molecule has 1 aliphatic heterocycles. The van der Waals surface area contributed by atoms with Crippen molar-refractivity contribution in [2.45, 2.75) is 39.4 Å². The zero-order valence-corrected chi connectivity index (χ0v) is 14.5. The molecule has 1 aromatic rings. The van der Waals surface area contributed by atoms with Gasteiger partial charge in [0.2, 0.25) is 0 Å². The van der Waals surface area contributed by atoms with E-state index in [2.05, 4.69) is 24.5 Å². The summed E-state index contributed by atoms with van der Waals surface area (Å²) in [5.41, 5.74) is 1.81. The van der Waals surface area contributed by atoms with Gasteiger partial charge in [0, 0.05) is 31.9 Å². The van der Waals surface area contributed by atoms with Crippen molar-refractivity contribution in [3.8, 4) is 0 Å². The number of carbonyl (C=O) groups is 1. The third kappa shape index (κ3) is 4.94. The summed E-state index contributed by atoms with van der Waals surface area (Å²) in [6, 6.07) is 7.53. The van der Waals surface area contributed by atoms with E-state index in [1.807, 2.05) is 31.2 Å². The number of amides is 2. The van der Waals surface area contributed by atoms with Gasteiger partial charge in [0.05, 0.1) is 12.2 Å². The Balaban J connectivity index is 1.85. The molecule has 1 heterocycles. The molecule has 1 aliphatic rings. The van der Waals surface area contributed by atoms with E-state index in [1.54, 1.807) is 7.11 Å². The number of methoxy groups -OCH3 is 1. The monoisotopic (exact) mass is 320 g/mol. The van der Waals surface area contributed by atoms with Crippen LogP contribution in [-0.4, -0.2) is 32.4 Å². The zero-order valence-electron chi connectivity index (χ0n) is 14.5. The zero-order chi connectivity index (χ0) is 16.8. The van der Waals surface area contributed by atoms with Gasteiger partial charge in [-0.25, -0.2) is 4.79 Å². The van der Waals surface area contributed by atoms with E-state index in [9.17, 15) is 4.79 Å². The van der Waals surface area contributed by atoms with Crippen LogP contribution in [0.4, 0.5) is 10.5 Å². The Labute approximate surface area is 138 Å². The standard InChI is InChI=1S/C18H28N2O3/c1-12(2)17-15(8-9-23-17)11-19-18(21)20-16-7-5-6-14(10-16)13(3)22-4/h5-7,10,12-13,15,17H,8-9,11H2,1-4H3,(H2,19,20,21)/t13-,15+,17+/m1/s1. The van der Waals surface area contributed by atoms with Crippen LogP contribution in [0.15, 0.2) is 24.3 Å². The number of hydrogen-bond acceptors (Lipinski definition) is 3. The first-order chi connectivity index (χ1) is 11.0. The van der Waals surface area contributed by atoms with E-state index in [4.69, 9.17) is 9.47 Å². The molecule has 0 unspecified atom stereocenters. The summed E-state index contributed by atoms with van der Waals surface area (Å²) in [7, 11) is 1.67. The van der Waals surface area contributed by atoms with Crippen molar-refractivity contribution in [1.82, 2.24) is 5.32 Å². The summed E-state index contributed by atoms with van der Waals surface area (Å²) in [6.07, 6.45) is 1.24. The molecule has 128 valence electrons. The van der Waals surface area contributed by atoms with Crippen LogP contribution in [-0.2, 0) is 9.47 Å². The Bertz CT molecular complexity index is 519. The van der Waals surface area contributed by atoms with Gasteiger partial charge in [-0.3, -0.25) is 0 Å². The molecule has 0 radical (unpaired) electrons. The number of hydrogen-bond donors (Lipinski definition) is 2. The second-order valence-corrected chi connectivity index (χ2v) is 6.47. The highest BCUT2D eigenvalue weighted by molar-refractivity contribution is 5.89. The predicted octanol–water partition coefficient (Wildman–Crippen LogP) is 3.58. The predicted molar refractivity (Wildman–Crippen MR) is 91.6 cm³/mol. The van der Waals surface area contributed by atoms with E-state index >= 15 is 0 Å². The van der Waals surface area contributed by atoms with Crippen LogP contribution in [0.25, 0.3) is 0 Å². The number of benzene rings is 1. The summed E-state index contributed by atoms with van der Waals surface area (Å²) in [4.78, 5) is 12.1. The van der Waals surface area contributed by atoms with Crippen LogP contribution in [0.3, 0.4) is 0 Å². The number of anilines is 1. The van der Waals surface area contributed by atoms with Crippen molar-refractivity contribution < 1.29 is 14.3 Å². The van der Waals surface area contributed by atoms with E-state index in [-0.39, 0.29) is 18.2 Å². The molecule has 1 saturated heterocycles. The van der Waals surface area contributed by atoms with E-state index in [0.717, 1.165) is 24.3 Å². The topological polar surface area (TPSA) is 59.6 Å². The summed E-state index contributed by atoms with van der Waals surface area (Å²) in [6.45, 7) is 7.72. The SMILES string of the molecule is CO[C@H](C)c1cccc(NC(=O)NC[C@@H]2CCO[C@H]2C(C)C)c1. The Morgan fingerprint density at radius 3 is 2.87 bits per heavy atom. The lowest BCUT2D eigenvalue weighted by Gasteiger charge is -2.22. The molecule has 1 fully saturated rings. The molecule has 2 amide bonds. The van der Waals surface area contributed by atoms with Gasteiger partial charge >= 0.3 is 6.03 Å². The molecule has 5 nitrogen and oxygen atoms in total. The van der Waals surface area contributed by atoms with Gasteiger partial charge in [-0.15, -0.1) is 0 Å². The number of urea groups is 1. The average molecular weight is 320 g/mol. The first-order valence-electron chi connectivity index (χ1n) is 8.30. The third-order valence-electron chi connectivity index (χ3n) is 4.41. The second-order valence-electron chi connectivity index (χ2n) is 6.47. The van der Waals surface area contributed by atoms with Crippen LogP contribution in [0, 0.1) is 11.8 Å². The minimum atomic E-state index is -0.179. The van der Waals surface area contributed by atoms with E-state index in [0.29, 0.717) is 18.4 Å². The molecule has 0 aromatic heterocycles. The van der Waals surface area contributed by atoms with Crippen LogP contribution < -0.4 is 10.6 Å². The molecule has 3 atom stereocenters. The second kappa shape index (κ2) is 8.31. The van der Waals surface area contributed by atoms with Gasteiger partial charge in [-0.05, 0) is 37.0 Å². The minimum absolute atomic E-state index is 0.00208. The van der Waals surface area contributed by atoms with Gasteiger partial charge in [-0.1, -0.05) is 26.0 Å². The highest BCUT2D eigenvalue weighted by Gasteiger charge is 2.30. The molecule has 0 spiro atoms. The van der Waals surface area contributed by atoms with Gasteiger partial charge < -0.3 is 20.1 Å². The van der Waals surface area contributed by atoms with Crippen molar-refractivity contribution in [2.75, 3.05) is 25.6 Å². The summed E-state index contributed by atoms with van der Waals surface area (Å²) >= 11 is 0. The fourth-order valence-corrected chi connectivity index (χ4v) is 3.02. The molecule has 0 saturated carbocycles. The Morgan fingerprint density at radius 2 is 2.17 bits per heavy atom. The average Bonchev–Trinajstić information content (AvgIpc) is 3.01. The van der Waals surface area contributed by atoms with Crippen LogP contribution in [0.5, 0.6) is 0 Å². The van der Waals surface area contributed by atoms with Gasteiger partial charge in [0.1, 0.15) is 0 Å². The molecule has 23 heavy (non-hydrogen) atoms. The molecule has 1 aromatic carbocycles. The molecule has 2 rings (SSSR count). The third-order valence-corrected chi connectivity index (χ3v) is 4.41.